The van der Waals surface area contributed by atoms with Gasteiger partial charge in [0.15, 0.2) is 0 Å². The lowest BCUT2D eigenvalue weighted by Gasteiger charge is -2.55. The minimum absolute atomic E-state index is 0.225. The first kappa shape index (κ1) is 16.8. The van der Waals surface area contributed by atoms with Crippen LogP contribution in [0, 0.1) is 35.0 Å². The highest BCUT2D eigenvalue weighted by atomic mass is 16.5. The number of ether oxygens (including phenoxy) is 2. The summed E-state index contributed by atoms with van der Waals surface area (Å²) in [5.74, 6) is 1.57. The minimum atomic E-state index is -0.729. The van der Waals surface area contributed by atoms with Crippen molar-refractivity contribution in [3.63, 3.8) is 0 Å². The van der Waals surface area contributed by atoms with Gasteiger partial charge in [-0.15, -0.1) is 0 Å². The predicted molar refractivity (Wildman–Crippen MR) is 86.5 cm³/mol. The standard InChI is InChI=1S/C19H30O4/c1-19(18(21)23-3)15-10-8-12-6-4-5-7-13(12)14(15)9-11-16(19)17(20)22-2/h12-16H,4-11H2,1-3H3. The van der Waals surface area contributed by atoms with E-state index in [4.69, 9.17) is 9.47 Å². The molecule has 6 atom stereocenters. The van der Waals surface area contributed by atoms with Gasteiger partial charge in [0.2, 0.25) is 0 Å². The Bertz CT molecular complexity index is 474. The number of carbonyl (C=O) groups excluding carboxylic acids is 2. The molecule has 0 aromatic heterocycles. The average molecular weight is 322 g/mol. The summed E-state index contributed by atoms with van der Waals surface area (Å²) in [7, 11) is 2.86. The molecule has 0 heterocycles. The molecular weight excluding hydrogens is 292 g/mol. The molecule has 4 nitrogen and oxygen atoms in total. The number of hydrogen-bond acceptors (Lipinski definition) is 4. The fourth-order valence-corrected chi connectivity index (χ4v) is 6.16. The molecule has 0 saturated heterocycles. The first-order valence-corrected chi connectivity index (χ1v) is 9.20. The lowest BCUT2D eigenvalue weighted by Crippen LogP contribution is -2.56. The van der Waals surface area contributed by atoms with E-state index in [1.165, 1.54) is 46.3 Å². The van der Waals surface area contributed by atoms with E-state index < -0.39 is 5.41 Å². The molecule has 0 N–H and O–H groups in total. The normalized spacial score (nSPS) is 43.0. The summed E-state index contributed by atoms with van der Waals surface area (Å²) in [4.78, 5) is 25.0. The second-order valence-electron chi connectivity index (χ2n) is 7.98. The van der Waals surface area contributed by atoms with Gasteiger partial charge in [-0.05, 0) is 62.7 Å². The molecule has 6 unspecified atom stereocenters. The van der Waals surface area contributed by atoms with E-state index in [1.54, 1.807) is 0 Å². The van der Waals surface area contributed by atoms with Gasteiger partial charge in [0.1, 0.15) is 0 Å². The number of fused-ring (bicyclic) bond motifs is 3. The molecule has 130 valence electrons. The average Bonchev–Trinajstić information content (AvgIpc) is 2.60. The highest BCUT2D eigenvalue weighted by molar-refractivity contribution is 5.85. The largest absolute Gasteiger partial charge is 0.469 e. The van der Waals surface area contributed by atoms with Crippen molar-refractivity contribution in [1.82, 2.24) is 0 Å². The van der Waals surface area contributed by atoms with E-state index in [2.05, 4.69) is 0 Å². The summed E-state index contributed by atoms with van der Waals surface area (Å²) in [5.41, 5.74) is -0.729. The van der Waals surface area contributed by atoms with Crippen LogP contribution in [0.4, 0.5) is 0 Å². The van der Waals surface area contributed by atoms with E-state index in [1.807, 2.05) is 6.92 Å². The summed E-state index contributed by atoms with van der Waals surface area (Å²) < 4.78 is 10.2. The monoisotopic (exact) mass is 322 g/mol. The van der Waals surface area contributed by atoms with Crippen molar-refractivity contribution in [2.45, 2.75) is 58.3 Å². The molecule has 0 amide bonds. The predicted octanol–water partition coefficient (Wildman–Crippen LogP) is 3.58. The van der Waals surface area contributed by atoms with Crippen LogP contribution in [-0.4, -0.2) is 26.2 Å². The summed E-state index contributed by atoms with van der Waals surface area (Å²) >= 11 is 0. The zero-order valence-corrected chi connectivity index (χ0v) is 14.7. The molecule has 0 aromatic rings. The Balaban J connectivity index is 1.93. The molecule has 3 aliphatic carbocycles. The SMILES string of the molecule is COC(=O)C1CCC2C3CCCCC3CCC2C1(C)C(=O)OC. The topological polar surface area (TPSA) is 52.6 Å². The molecule has 0 aromatic carbocycles. The first-order chi connectivity index (χ1) is 11.0. The molecule has 3 saturated carbocycles. The van der Waals surface area contributed by atoms with Crippen LogP contribution in [0.1, 0.15) is 58.3 Å². The maximum atomic E-state index is 12.7. The smallest absolute Gasteiger partial charge is 0.312 e. The van der Waals surface area contributed by atoms with Gasteiger partial charge in [0.25, 0.3) is 0 Å². The number of rotatable bonds is 2. The van der Waals surface area contributed by atoms with Crippen molar-refractivity contribution in [2.75, 3.05) is 14.2 Å². The van der Waals surface area contributed by atoms with Crippen LogP contribution in [0.5, 0.6) is 0 Å². The second kappa shape index (κ2) is 6.45. The molecule has 3 aliphatic rings. The van der Waals surface area contributed by atoms with Gasteiger partial charge in [-0.25, -0.2) is 0 Å². The van der Waals surface area contributed by atoms with Crippen LogP contribution in [0.2, 0.25) is 0 Å². The Hall–Kier alpha value is -1.06. The summed E-state index contributed by atoms with van der Waals surface area (Å²) in [6.07, 6.45) is 9.38. The third kappa shape index (κ3) is 2.58. The Kier molecular flexibility index (Phi) is 4.70. The highest BCUT2D eigenvalue weighted by Crippen LogP contribution is 2.59. The van der Waals surface area contributed by atoms with Crippen LogP contribution in [0.25, 0.3) is 0 Å². The number of methoxy groups -OCH3 is 2. The van der Waals surface area contributed by atoms with Crippen LogP contribution in [-0.2, 0) is 19.1 Å². The summed E-state index contributed by atoms with van der Waals surface area (Å²) in [5, 5.41) is 0. The Labute approximate surface area is 139 Å². The van der Waals surface area contributed by atoms with Gasteiger partial charge in [-0.2, -0.15) is 0 Å². The molecule has 23 heavy (non-hydrogen) atoms. The molecular formula is C19H30O4. The molecule has 3 fully saturated rings. The summed E-state index contributed by atoms with van der Waals surface area (Å²) in [6, 6.07) is 0. The third-order valence-electron chi connectivity index (χ3n) is 7.28. The van der Waals surface area contributed by atoms with Crippen LogP contribution in [0.15, 0.2) is 0 Å². The van der Waals surface area contributed by atoms with Crippen molar-refractivity contribution in [2.24, 2.45) is 35.0 Å². The lowest BCUT2D eigenvalue weighted by molar-refractivity contribution is -0.182. The quantitative estimate of drug-likeness (QED) is 0.729. The van der Waals surface area contributed by atoms with Crippen molar-refractivity contribution in [3.05, 3.63) is 0 Å². The summed E-state index contributed by atoms with van der Waals surface area (Å²) in [6.45, 7) is 1.96. The third-order valence-corrected chi connectivity index (χ3v) is 7.28. The van der Waals surface area contributed by atoms with Crippen molar-refractivity contribution in [1.29, 1.82) is 0 Å². The van der Waals surface area contributed by atoms with Gasteiger partial charge >= 0.3 is 11.9 Å². The second-order valence-corrected chi connectivity index (χ2v) is 7.98. The Morgan fingerprint density at radius 2 is 1.61 bits per heavy atom. The van der Waals surface area contributed by atoms with Crippen LogP contribution in [0.3, 0.4) is 0 Å². The zero-order chi connectivity index (χ0) is 16.6. The van der Waals surface area contributed by atoms with E-state index in [-0.39, 0.29) is 23.8 Å². The number of carbonyl (C=O) groups is 2. The van der Waals surface area contributed by atoms with Gasteiger partial charge in [0, 0.05) is 0 Å². The molecule has 4 heteroatoms. The van der Waals surface area contributed by atoms with Crippen LogP contribution < -0.4 is 0 Å². The molecule has 0 radical (unpaired) electrons. The minimum Gasteiger partial charge on any atom is -0.469 e. The van der Waals surface area contributed by atoms with Gasteiger partial charge in [0.05, 0.1) is 25.6 Å². The molecule has 0 spiro atoms. The fraction of sp³-hybridized carbons (Fsp3) is 0.895. The number of esters is 2. The fourth-order valence-electron chi connectivity index (χ4n) is 6.16. The molecule has 0 aliphatic heterocycles. The van der Waals surface area contributed by atoms with Crippen molar-refractivity contribution < 1.29 is 19.1 Å². The van der Waals surface area contributed by atoms with Crippen molar-refractivity contribution in [3.8, 4) is 0 Å². The maximum Gasteiger partial charge on any atom is 0.312 e. The Morgan fingerprint density at radius 1 is 0.870 bits per heavy atom. The van der Waals surface area contributed by atoms with E-state index in [0.717, 1.165) is 31.1 Å². The van der Waals surface area contributed by atoms with Gasteiger partial charge < -0.3 is 9.47 Å². The lowest BCUT2D eigenvalue weighted by atomic mass is 9.48. The molecule has 0 bridgehead atoms. The number of hydrogen-bond donors (Lipinski definition) is 0. The van der Waals surface area contributed by atoms with Gasteiger partial charge in [-0.3, -0.25) is 9.59 Å². The zero-order valence-electron chi connectivity index (χ0n) is 14.7. The van der Waals surface area contributed by atoms with E-state index >= 15 is 0 Å². The van der Waals surface area contributed by atoms with E-state index in [9.17, 15) is 9.59 Å². The van der Waals surface area contributed by atoms with Crippen LogP contribution >= 0.6 is 0 Å². The van der Waals surface area contributed by atoms with E-state index in [0.29, 0.717) is 5.92 Å². The maximum absolute atomic E-state index is 12.7. The highest BCUT2D eigenvalue weighted by Gasteiger charge is 2.59. The Morgan fingerprint density at radius 3 is 2.30 bits per heavy atom. The first-order valence-electron chi connectivity index (χ1n) is 9.20. The van der Waals surface area contributed by atoms with Crippen molar-refractivity contribution >= 4 is 11.9 Å². The van der Waals surface area contributed by atoms with Gasteiger partial charge in [-0.1, -0.05) is 19.3 Å². The molecule has 3 rings (SSSR count).